The van der Waals surface area contributed by atoms with Gasteiger partial charge in [-0.3, -0.25) is 38.7 Å². The zero-order valence-corrected chi connectivity index (χ0v) is 68.7. The molecule has 4 aromatic rings. The number of phenolic OH excluding ortho intramolecular Hbond substituents is 1. The molecule has 107 heavy (non-hydrogen) atoms. The Bertz CT molecular complexity index is 3300. The predicted octanol–water partition coefficient (Wildman–Crippen LogP) is 15.9. The van der Waals surface area contributed by atoms with Crippen molar-refractivity contribution in [2.24, 2.45) is 23.7 Å². The van der Waals surface area contributed by atoms with Gasteiger partial charge in [-0.15, -0.1) is 48.0 Å². The molecule has 0 amide bonds. The van der Waals surface area contributed by atoms with Gasteiger partial charge in [-0.05, 0) is 178 Å². The highest BCUT2D eigenvalue weighted by Crippen LogP contribution is 2.50. The minimum atomic E-state index is -0.762. The highest BCUT2D eigenvalue weighted by molar-refractivity contribution is 6.67. The fourth-order valence-corrected chi connectivity index (χ4v) is 13.0. The quantitative estimate of drug-likeness (QED) is 0.0244. The largest absolute Gasteiger partial charge is 0.507 e. The lowest BCUT2D eigenvalue weighted by atomic mass is 9.90. The van der Waals surface area contributed by atoms with Gasteiger partial charge >= 0.3 is 35.8 Å². The average molecular weight is 1600 g/mol. The SMILES string of the molecule is CC(C)c1cccc([C@@H](C)C2CC2)c1O.CC(C)c1cccc([C@@H](C)C2CC2)c1OC(=O)CCl.CC(C)c1cccc([C@@H](C)C2CC2)c1OC(=O)COC(=O)CN1CCOCC1.CC(C)c1cccc([C@@H](C)C2CC2)c1OC(=O)COC(=O)CN1CCOCC1.Cl.Cl.O=C(Cl)CCl.O=C(O)CN1CCOCC1. The van der Waals surface area contributed by atoms with Crippen LogP contribution in [0.5, 0.6) is 23.0 Å². The lowest BCUT2D eigenvalue weighted by molar-refractivity contribution is -0.155. The number of aromatic hydroxyl groups is 1. The van der Waals surface area contributed by atoms with E-state index < -0.39 is 35.1 Å². The third-order valence-electron chi connectivity index (χ3n) is 20.0. The van der Waals surface area contributed by atoms with Gasteiger partial charge in [-0.1, -0.05) is 156 Å². The Morgan fingerprint density at radius 3 is 0.907 bits per heavy atom. The molecule has 20 nitrogen and oxygen atoms in total. The molecule has 7 aliphatic rings. The molecule has 2 N–H and O–H groups in total. The summed E-state index contributed by atoms with van der Waals surface area (Å²) in [5, 5.41) is 18.1. The summed E-state index contributed by atoms with van der Waals surface area (Å²) in [5.41, 5.74) is 8.62. The molecule has 3 heterocycles. The Morgan fingerprint density at radius 2 is 0.645 bits per heavy atom. The van der Waals surface area contributed by atoms with Gasteiger partial charge in [0.25, 0.3) is 0 Å². The molecular formula is C82H118Cl5N3O17. The molecule has 3 saturated heterocycles. The second-order valence-electron chi connectivity index (χ2n) is 29.6. The fourth-order valence-electron chi connectivity index (χ4n) is 13.0. The van der Waals surface area contributed by atoms with Gasteiger partial charge < -0.3 is 48.1 Å². The zero-order valence-electron chi connectivity index (χ0n) is 64.8. The molecule has 0 radical (unpaired) electrons. The number of benzene rings is 4. The van der Waals surface area contributed by atoms with Gasteiger partial charge in [0.1, 0.15) is 28.9 Å². The van der Waals surface area contributed by atoms with E-state index in [1.54, 1.807) is 0 Å². The van der Waals surface area contributed by atoms with Crippen LogP contribution >= 0.6 is 59.6 Å². The average Bonchev–Trinajstić information content (AvgIpc) is 1.67. The van der Waals surface area contributed by atoms with Gasteiger partial charge in [0, 0.05) is 39.3 Å². The molecule has 11 rings (SSSR count). The summed E-state index contributed by atoms with van der Waals surface area (Å²) >= 11 is 15.1. The maximum Gasteiger partial charge on any atom is 0.349 e. The molecule has 0 spiro atoms. The van der Waals surface area contributed by atoms with Crippen molar-refractivity contribution in [2.75, 3.05) is 124 Å². The Kier molecular flexibility index (Phi) is 42.3. The number of para-hydroxylation sites is 4. The molecule has 0 bridgehead atoms. The lowest BCUT2D eigenvalue weighted by Crippen LogP contribution is -2.40. The number of hydrogen-bond donors (Lipinski definition) is 2. The second-order valence-corrected chi connectivity index (χ2v) is 30.6. The van der Waals surface area contributed by atoms with E-state index in [0.717, 1.165) is 75.2 Å². The third kappa shape index (κ3) is 32.7. The number of rotatable bonds is 27. The predicted molar refractivity (Wildman–Crippen MR) is 423 cm³/mol. The van der Waals surface area contributed by atoms with Crippen LogP contribution in [0.1, 0.15) is 226 Å². The summed E-state index contributed by atoms with van der Waals surface area (Å²) < 4.78 is 42.8. The number of phenols is 1. The van der Waals surface area contributed by atoms with Crippen LogP contribution in [0.4, 0.5) is 0 Å². The number of halogens is 5. The Morgan fingerprint density at radius 1 is 0.393 bits per heavy atom. The number of carbonyl (C=O) groups is 7. The molecule has 4 aliphatic carbocycles. The molecule has 7 fully saturated rings. The monoisotopic (exact) mass is 1590 g/mol. The summed E-state index contributed by atoms with van der Waals surface area (Å²) in [4.78, 5) is 85.8. The topological polar surface area (TPSA) is 244 Å². The van der Waals surface area contributed by atoms with Crippen molar-refractivity contribution in [2.45, 2.75) is 182 Å². The van der Waals surface area contributed by atoms with E-state index in [9.17, 15) is 38.7 Å². The van der Waals surface area contributed by atoms with Crippen LogP contribution in [-0.2, 0) is 57.2 Å². The first-order valence-corrected chi connectivity index (χ1v) is 39.1. The van der Waals surface area contributed by atoms with Crippen LogP contribution in [0, 0.1) is 23.7 Å². The smallest absolute Gasteiger partial charge is 0.349 e. The van der Waals surface area contributed by atoms with Crippen LogP contribution in [0.2, 0.25) is 0 Å². The number of ether oxygens (including phenoxy) is 8. The van der Waals surface area contributed by atoms with E-state index in [1.165, 1.54) is 51.4 Å². The van der Waals surface area contributed by atoms with Crippen molar-refractivity contribution in [1.29, 1.82) is 0 Å². The standard InChI is InChI=1S/2C22H31NO5.C16H21ClO2.C14H20O.C6H11NO3.C2H2Cl2O.2ClH/c2*1-15(2)18-5-4-6-19(16(3)17-7-8-17)22(18)28-21(25)14-27-20(24)13-23-9-11-26-12-10-23;1-10(2)13-5-4-6-14(11(3)12-7-8-12)16(13)19-15(18)9-17;1-9(2)12-5-4-6-13(14(12)15)10(3)11-7-8-11;8-6(9)5-7-1-3-10-4-2-7;3-1-2(4)5;;/h2*4-6,15-17H,7-14H2,1-3H3;4-6,10-12H,7-9H2,1-3H3;4-6,9-11,15H,7-8H2,1-3H3;1-5H2,(H,8,9);1H2;2*1H/t2*16-;11-;10-;;;;/m0000..../s1. The molecule has 0 unspecified atom stereocenters. The van der Waals surface area contributed by atoms with Gasteiger partial charge in [-0.2, -0.15) is 0 Å². The molecule has 25 heteroatoms. The first kappa shape index (κ1) is 93.8. The normalized spacial score (nSPS) is 17.6. The van der Waals surface area contributed by atoms with E-state index in [2.05, 4.69) is 107 Å². The van der Waals surface area contributed by atoms with E-state index >= 15 is 0 Å². The van der Waals surface area contributed by atoms with Gasteiger partial charge in [0.15, 0.2) is 13.2 Å². The van der Waals surface area contributed by atoms with Crippen molar-refractivity contribution in [3.05, 3.63) is 117 Å². The number of nitrogens with zero attached hydrogens (tertiary/aromatic N) is 3. The third-order valence-corrected chi connectivity index (χ3v) is 20.8. The first-order valence-electron chi connectivity index (χ1n) is 37.7. The molecular weight excluding hydrogens is 1480 g/mol. The number of alkyl halides is 2. The van der Waals surface area contributed by atoms with Crippen molar-refractivity contribution in [1.82, 2.24) is 14.7 Å². The molecule has 3 aliphatic heterocycles. The van der Waals surface area contributed by atoms with E-state index in [1.807, 2.05) is 63.2 Å². The van der Waals surface area contributed by atoms with Gasteiger partial charge in [0.2, 0.25) is 5.24 Å². The summed E-state index contributed by atoms with van der Waals surface area (Å²) in [5.74, 6) is 5.03. The van der Waals surface area contributed by atoms with Crippen LogP contribution in [-0.4, -0.2) is 189 Å². The van der Waals surface area contributed by atoms with Crippen molar-refractivity contribution < 1.29 is 81.7 Å². The highest BCUT2D eigenvalue weighted by Gasteiger charge is 2.36. The van der Waals surface area contributed by atoms with Crippen LogP contribution in [0.3, 0.4) is 0 Å². The number of morpholine rings is 3. The van der Waals surface area contributed by atoms with Gasteiger partial charge in [-0.25, -0.2) is 9.59 Å². The van der Waals surface area contributed by atoms with E-state index in [4.69, 9.17) is 77.8 Å². The number of carboxylic acid groups (broad SMARTS) is 1. The summed E-state index contributed by atoms with van der Waals surface area (Å²) in [6.07, 6.45) is 10.1. The fraction of sp³-hybridized carbons (Fsp3) is 0.622. The van der Waals surface area contributed by atoms with E-state index in [-0.39, 0.29) is 87.2 Å². The Labute approximate surface area is 662 Å². The maximum atomic E-state index is 12.4. The molecule has 4 aromatic carbocycles. The maximum absolute atomic E-state index is 12.4. The number of carboxylic acids is 1. The summed E-state index contributed by atoms with van der Waals surface area (Å²) in [6, 6.07) is 24.5. The summed E-state index contributed by atoms with van der Waals surface area (Å²) in [6.45, 7) is 33.4. The van der Waals surface area contributed by atoms with Crippen molar-refractivity contribution in [3.8, 4) is 23.0 Å². The Hall–Kier alpha value is -5.62. The highest BCUT2D eigenvalue weighted by atomic mass is 35.5. The zero-order chi connectivity index (χ0) is 76.9. The van der Waals surface area contributed by atoms with Gasteiger partial charge in [0.05, 0.1) is 65.2 Å². The number of carbonyl (C=O) groups excluding carboxylic acids is 6. The molecule has 0 aromatic heterocycles. The van der Waals surface area contributed by atoms with Crippen molar-refractivity contribution >= 4 is 101 Å². The molecule has 598 valence electrons. The lowest BCUT2D eigenvalue weighted by Gasteiger charge is -2.25. The van der Waals surface area contributed by atoms with Crippen LogP contribution in [0.15, 0.2) is 72.8 Å². The van der Waals surface area contributed by atoms with Crippen molar-refractivity contribution in [3.63, 3.8) is 0 Å². The summed E-state index contributed by atoms with van der Waals surface area (Å²) in [7, 11) is 0. The number of aliphatic carboxylic acids is 1. The minimum Gasteiger partial charge on any atom is -0.507 e. The molecule has 4 saturated carbocycles. The minimum absolute atomic E-state index is 0. The number of esters is 5. The first-order chi connectivity index (χ1) is 50.1. The van der Waals surface area contributed by atoms with Crippen LogP contribution in [0.25, 0.3) is 0 Å². The van der Waals surface area contributed by atoms with Crippen LogP contribution < -0.4 is 14.2 Å². The molecule has 4 atom stereocenters. The Balaban J connectivity index is 0.000000287. The van der Waals surface area contributed by atoms with E-state index in [0.29, 0.717) is 130 Å². The number of hydrogen-bond acceptors (Lipinski definition) is 19. The second kappa shape index (κ2) is 48.2.